The Morgan fingerprint density at radius 1 is 1.00 bits per heavy atom. The highest BCUT2D eigenvalue weighted by molar-refractivity contribution is 7.91. The van der Waals surface area contributed by atoms with Gasteiger partial charge in [-0.05, 0) is 48.4 Å². The predicted octanol–water partition coefficient (Wildman–Crippen LogP) is 4.88. The quantitative estimate of drug-likeness (QED) is 0.357. The van der Waals surface area contributed by atoms with Crippen LogP contribution in [0.5, 0.6) is 5.75 Å². The van der Waals surface area contributed by atoms with Crippen molar-refractivity contribution in [1.29, 1.82) is 0 Å². The molecule has 0 radical (unpaired) electrons. The number of hydrogen-bond donors (Lipinski definition) is 0. The molecule has 2 aromatic carbocycles. The number of halogens is 3. The van der Waals surface area contributed by atoms with Gasteiger partial charge in [-0.25, -0.2) is 13.4 Å². The highest BCUT2D eigenvalue weighted by atomic mass is 32.2. The van der Waals surface area contributed by atoms with Gasteiger partial charge in [0.2, 0.25) is 9.84 Å². The Morgan fingerprint density at radius 2 is 1.76 bits per heavy atom. The average molecular weight is 474 g/mol. The van der Waals surface area contributed by atoms with Gasteiger partial charge in [0, 0.05) is 30.6 Å². The van der Waals surface area contributed by atoms with Gasteiger partial charge in [0.25, 0.3) is 0 Å². The molecule has 0 aliphatic carbocycles. The van der Waals surface area contributed by atoms with Crippen molar-refractivity contribution < 1.29 is 31.1 Å². The summed E-state index contributed by atoms with van der Waals surface area (Å²) in [6, 6.07) is 13.2. The van der Waals surface area contributed by atoms with Gasteiger partial charge in [-0.15, -0.1) is 13.2 Å². The molecule has 0 aliphatic rings. The van der Waals surface area contributed by atoms with Gasteiger partial charge in [0.15, 0.2) is 5.78 Å². The van der Waals surface area contributed by atoms with E-state index in [1.165, 1.54) is 30.3 Å². The zero-order chi connectivity index (χ0) is 23.6. The zero-order valence-electron chi connectivity index (χ0n) is 17.0. The first-order valence-electron chi connectivity index (χ1n) is 9.78. The van der Waals surface area contributed by atoms with Gasteiger partial charge in [0.05, 0.1) is 9.79 Å². The van der Waals surface area contributed by atoms with Crippen molar-refractivity contribution in [2.45, 2.75) is 29.0 Å². The second kappa shape index (κ2) is 8.70. The molecule has 0 aliphatic heterocycles. The number of pyridine rings is 1. The van der Waals surface area contributed by atoms with Crippen molar-refractivity contribution >= 4 is 21.3 Å². The minimum atomic E-state index is -4.94. The fourth-order valence-electron chi connectivity index (χ4n) is 3.31. The standard InChI is InChI=1S/C23H17F3N2O4S/c24-23(25,26)32-18-2-1-3-20(14-18)33(30,31)19-8-6-17(7-9-19)21(29)10-4-16-5-11-22-27-12-13-28(22)15-16/h1-3,5-9,11-15H,4,10H2. The topological polar surface area (TPSA) is 77.7 Å². The number of carbonyl (C=O) groups is 1. The van der Waals surface area contributed by atoms with Gasteiger partial charge in [-0.2, -0.15) is 0 Å². The maximum atomic E-state index is 12.8. The van der Waals surface area contributed by atoms with Crippen LogP contribution >= 0.6 is 0 Å². The molecule has 0 atom stereocenters. The zero-order valence-corrected chi connectivity index (χ0v) is 17.8. The number of fused-ring (bicyclic) bond motifs is 1. The summed E-state index contributed by atoms with van der Waals surface area (Å²) in [4.78, 5) is 16.2. The largest absolute Gasteiger partial charge is 0.573 e. The predicted molar refractivity (Wildman–Crippen MR) is 113 cm³/mol. The number of aryl methyl sites for hydroxylation is 1. The normalized spacial score (nSPS) is 12.1. The molecule has 2 aromatic heterocycles. The Kier molecular flexibility index (Phi) is 5.94. The second-order valence-electron chi connectivity index (χ2n) is 7.20. The Hall–Kier alpha value is -3.66. The van der Waals surface area contributed by atoms with Crippen molar-refractivity contribution in [2.75, 3.05) is 0 Å². The van der Waals surface area contributed by atoms with Crippen molar-refractivity contribution in [1.82, 2.24) is 9.38 Å². The second-order valence-corrected chi connectivity index (χ2v) is 9.15. The van der Waals surface area contributed by atoms with Gasteiger partial charge < -0.3 is 9.14 Å². The molecule has 4 aromatic rings. The third-order valence-electron chi connectivity index (χ3n) is 4.93. The van der Waals surface area contributed by atoms with Crippen LogP contribution in [0.3, 0.4) is 0 Å². The van der Waals surface area contributed by atoms with E-state index in [4.69, 9.17) is 0 Å². The van der Waals surface area contributed by atoms with E-state index < -0.39 is 21.9 Å². The number of aromatic nitrogens is 2. The lowest BCUT2D eigenvalue weighted by Crippen LogP contribution is -2.17. The molecule has 4 rings (SSSR count). The molecule has 0 saturated carbocycles. The van der Waals surface area contributed by atoms with E-state index in [0.29, 0.717) is 12.0 Å². The van der Waals surface area contributed by atoms with E-state index in [0.717, 1.165) is 29.4 Å². The number of imidazole rings is 1. The first-order chi connectivity index (χ1) is 15.6. The number of ether oxygens (including phenoxy) is 1. The molecule has 2 heterocycles. The van der Waals surface area contributed by atoms with E-state index in [9.17, 15) is 26.4 Å². The smallest absolute Gasteiger partial charge is 0.406 e. The third kappa shape index (κ3) is 5.23. The lowest BCUT2D eigenvalue weighted by molar-refractivity contribution is -0.274. The van der Waals surface area contributed by atoms with Crippen LogP contribution in [0, 0.1) is 0 Å². The van der Waals surface area contributed by atoms with E-state index in [1.807, 2.05) is 28.9 Å². The minimum absolute atomic E-state index is 0.145. The van der Waals surface area contributed by atoms with Gasteiger partial charge in [-0.3, -0.25) is 4.79 Å². The van der Waals surface area contributed by atoms with Crippen molar-refractivity contribution in [3.63, 3.8) is 0 Å². The van der Waals surface area contributed by atoms with E-state index >= 15 is 0 Å². The molecule has 33 heavy (non-hydrogen) atoms. The molecule has 0 bridgehead atoms. The number of carbonyl (C=O) groups excluding carboxylic acids is 1. The fraction of sp³-hybridized carbons (Fsp3) is 0.130. The maximum absolute atomic E-state index is 12.8. The Morgan fingerprint density at radius 3 is 2.48 bits per heavy atom. The Balaban J connectivity index is 1.46. The number of sulfone groups is 1. The summed E-state index contributed by atoms with van der Waals surface area (Å²) in [5.41, 5.74) is 2.10. The molecule has 0 amide bonds. The number of rotatable bonds is 7. The van der Waals surface area contributed by atoms with Crippen molar-refractivity contribution in [2.24, 2.45) is 0 Å². The summed E-state index contributed by atoms with van der Waals surface area (Å²) in [7, 11) is -4.10. The first-order valence-corrected chi connectivity index (χ1v) is 11.3. The lowest BCUT2D eigenvalue weighted by atomic mass is 10.0. The van der Waals surface area contributed by atoms with E-state index in [1.54, 1.807) is 6.20 Å². The van der Waals surface area contributed by atoms with Crippen LogP contribution in [0.1, 0.15) is 22.3 Å². The molecule has 0 unspecified atom stereocenters. The van der Waals surface area contributed by atoms with Crippen LogP contribution in [-0.2, 0) is 16.3 Å². The third-order valence-corrected chi connectivity index (χ3v) is 6.69. The molecule has 170 valence electrons. The number of benzene rings is 2. The summed E-state index contributed by atoms with van der Waals surface area (Å²) in [6.45, 7) is 0. The van der Waals surface area contributed by atoms with Gasteiger partial charge in [0.1, 0.15) is 11.4 Å². The van der Waals surface area contributed by atoms with E-state index in [2.05, 4.69) is 9.72 Å². The number of hydrogen-bond acceptors (Lipinski definition) is 5. The Bertz CT molecular complexity index is 1410. The van der Waals surface area contributed by atoms with Gasteiger partial charge >= 0.3 is 6.36 Å². The maximum Gasteiger partial charge on any atom is 0.573 e. The van der Waals surface area contributed by atoms with Crippen LogP contribution in [0.25, 0.3) is 5.65 Å². The van der Waals surface area contributed by atoms with Crippen molar-refractivity contribution in [3.05, 3.63) is 90.4 Å². The minimum Gasteiger partial charge on any atom is -0.406 e. The molecule has 0 saturated heterocycles. The van der Waals surface area contributed by atoms with Crippen LogP contribution in [0.2, 0.25) is 0 Å². The van der Waals surface area contributed by atoms with Gasteiger partial charge in [-0.1, -0.05) is 24.3 Å². The molecule has 10 heteroatoms. The average Bonchev–Trinajstić information content (AvgIpc) is 3.24. The van der Waals surface area contributed by atoms with E-state index in [-0.39, 0.29) is 22.0 Å². The number of alkyl halides is 3. The van der Waals surface area contributed by atoms with Crippen LogP contribution in [-0.4, -0.2) is 29.9 Å². The summed E-state index contributed by atoms with van der Waals surface area (Å²) >= 11 is 0. The fourth-order valence-corrected chi connectivity index (χ4v) is 4.61. The van der Waals surface area contributed by atoms with Crippen molar-refractivity contribution in [3.8, 4) is 5.75 Å². The summed E-state index contributed by atoms with van der Waals surface area (Å²) in [5, 5.41) is 0. The number of nitrogens with zero attached hydrogens (tertiary/aromatic N) is 2. The molecular formula is C23H17F3N2O4S. The summed E-state index contributed by atoms with van der Waals surface area (Å²) in [5.74, 6) is -0.797. The van der Waals surface area contributed by atoms with Crippen LogP contribution in [0.4, 0.5) is 13.2 Å². The SMILES string of the molecule is O=C(CCc1ccc2nccn2c1)c1ccc(S(=O)(=O)c2cccc(OC(F)(F)F)c2)cc1. The summed E-state index contributed by atoms with van der Waals surface area (Å²) < 4.78 is 68.5. The van der Waals surface area contributed by atoms with Crippen LogP contribution in [0.15, 0.2) is 89.0 Å². The molecular weight excluding hydrogens is 457 g/mol. The molecule has 0 fully saturated rings. The monoisotopic (exact) mass is 474 g/mol. The first kappa shape index (κ1) is 22.5. The Labute approximate surface area is 187 Å². The highest BCUT2D eigenvalue weighted by Gasteiger charge is 2.31. The number of ketones is 1. The molecule has 6 nitrogen and oxygen atoms in total. The van der Waals surface area contributed by atoms with Crippen LogP contribution < -0.4 is 4.74 Å². The molecule has 0 spiro atoms. The molecule has 0 N–H and O–H groups in total. The number of Topliss-reactive ketones (excluding diaryl/α,β-unsaturated/α-hetero) is 1. The summed E-state index contributed by atoms with van der Waals surface area (Å²) in [6.07, 6.45) is 1.17. The lowest BCUT2D eigenvalue weighted by Gasteiger charge is -2.11. The highest BCUT2D eigenvalue weighted by Crippen LogP contribution is 2.28.